The quantitative estimate of drug-likeness (QED) is 0.888. The minimum absolute atomic E-state index is 0.140. The Morgan fingerprint density at radius 3 is 2.83 bits per heavy atom. The SMILES string of the molecule is Cc1noc(C2CCC(NC(=O)[C@@]34CCCC[C@H]3CNC4)CC2)n1. The van der Waals surface area contributed by atoms with Gasteiger partial charge in [0.15, 0.2) is 5.82 Å². The molecule has 2 N–H and O–H groups in total. The number of hydrogen-bond acceptors (Lipinski definition) is 5. The van der Waals surface area contributed by atoms with Crippen molar-refractivity contribution in [2.24, 2.45) is 11.3 Å². The van der Waals surface area contributed by atoms with Crippen LogP contribution in [0, 0.1) is 18.3 Å². The second kappa shape index (κ2) is 6.47. The summed E-state index contributed by atoms with van der Waals surface area (Å²) >= 11 is 0. The average molecular weight is 332 g/mol. The van der Waals surface area contributed by atoms with Gasteiger partial charge in [-0.15, -0.1) is 0 Å². The first kappa shape index (κ1) is 16.1. The van der Waals surface area contributed by atoms with Crippen molar-refractivity contribution in [2.45, 2.75) is 70.3 Å². The van der Waals surface area contributed by atoms with Crippen molar-refractivity contribution in [3.8, 4) is 0 Å². The molecule has 2 heterocycles. The van der Waals surface area contributed by atoms with E-state index in [-0.39, 0.29) is 5.41 Å². The lowest BCUT2D eigenvalue weighted by Crippen LogP contribution is -2.51. The highest BCUT2D eigenvalue weighted by molar-refractivity contribution is 5.84. The van der Waals surface area contributed by atoms with Gasteiger partial charge in [0.25, 0.3) is 0 Å². The molecule has 1 saturated heterocycles. The van der Waals surface area contributed by atoms with E-state index in [4.69, 9.17) is 4.52 Å². The van der Waals surface area contributed by atoms with Gasteiger partial charge in [-0.3, -0.25) is 4.79 Å². The number of fused-ring (bicyclic) bond motifs is 1. The van der Waals surface area contributed by atoms with E-state index in [0.717, 1.165) is 51.1 Å². The van der Waals surface area contributed by atoms with Crippen LogP contribution in [0.5, 0.6) is 0 Å². The minimum Gasteiger partial charge on any atom is -0.353 e. The lowest BCUT2D eigenvalue weighted by molar-refractivity contribution is -0.135. The Morgan fingerprint density at radius 1 is 1.25 bits per heavy atom. The number of rotatable bonds is 3. The van der Waals surface area contributed by atoms with Gasteiger partial charge < -0.3 is 15.2 Å². The molecule has 2 atom stereocenters. The summed E-state index contributed by atoms with van der Waals surface area (Å²) in [5.41, 5.74) is -0.140. The van der Waals surface area contributed by atoms with Crippen LogP contribution in [0.1, 0.15) is 69.0 Å². The van der Waals surface area contributed by atoms with Crippen LogP contribution in [-0.2, 0) is 4.79 Å². The van der Waals surface area contributed by atoms with E-state index in [1.807, 2.05) is 6.92 Å². The molecule has 6 nitrogen and oxygen atoms in total. The molecule has 24 heavy (non-hydrogen) atoms. The number of hydrogen-bond donors (Lipinski definition) is 2. The second-order valence-electron chi connectivity index (χ2n) is 7.93. The van der Waals surface area contributed by atoms with Crippen molar-refractivity contribution >= 4 is 5.91 Å². The Labute approximate surface area is 143 Å². The Hall–Kier alpha value is -1.43. The van der Waals surface area contributed by atoms with E-state index in [1.165, 1.54) is 19.3 Å². The normalized spacial score (nSPS) is 36.3. The maximum atomic E-state index is 13.0. The number of carbonyl (C=O) groups is 1. The third kappa shape index (κ3) is 2.85. The van der Waals surface area contributed by atoms with Gasteiger partial charge >= 0.3 is 0 Å². The molecule has 1 aromatic heterocycles. The number of carbonyl (C=O) groups excluding carboxylic acids is 1. The van der Waals surface area contributed by atoms with Crippen LogP contribution in [-0.4, -0.2) is 35.2 Å². The zero-order valence-corrected chi connectivity index (χ0v) is 14.5. The van der Waals surface area contributed by atoms with E-state index >= 15 is 0 Å². The van der Waals surface area contributed by atoms with E-state index in [0.29, 0.717) is 29.6 Å². The first-order valence-electron chi connectivity index (χ1n) is 9.49. The maximum Gasteiger partial charge on any atom is 0.229 e. The van der Waals surface area contributed by atoms with Crippen molar-refractivity contribution in [1.82, 2.24) is 20.8 Å². The van der Waals surface area contributed by atoms with E-state index in [1.54, 1.807) is 0 Å². The molecule has 0 unspecified atom stereocenters. The van der Waals surface area contributed by atoms with Crippen molar-refractivity contribution in [3.63, 3.8) is 0 Å². The smallest absolute Gasteiger partial charge is 0.229 e. The molecule has 0 bridgehead atoms. The monoisotopic (exact) mass is 332 g/mol. The summed E-state index contributed by atoms with van der Waals surface area (Å²) < 4.78 is 5.31. The molecule has 4 rings (SSSR count). The molecule has 3 aliphatic rings. The number of nitrogens with zero attached hydrogens (tertiary/aromatic N) is 2. The highest BCUT2D eigenvalue weighted by Gasteiger charge is 2.50. The second-order valence-corrected chi connectivity index (χ2v) is 7.93. The number of aromatic nitrogens is 2. The van der Waals surface area contributed by atoms with Crippen molar-refractivity contribution in [1.29, 1.82) is 0 Å². The summed E-state index contributed by atoms with van der Waals surface area (Å²) in [6.07, 6.45) is 8.75. The minimum atomic E-state index is -0.140. The van der Waals surface area contributed by atoms with Crippen LogP contribution in [0.25, 0.3) is 0 Å². The molecule has 3 fully saturated rings. The van der Waals surface area contributed by atoms with Crippen LogP contribution < -0.4 is 10.6 Å². The average Bonchev–Trinajstić information content (AvgIpc) is 3.22. The number of aryl methyl sites for hydroxylation is 1. The van der Waals surface area contributed by atoms with Gasteiger partial charge in [0, 0.05) is 18.5 Å². The van der Waals surface area contributed by atoms with Crippen molar-refractivity contribution in [3.05, 3.63) is 11.7 Å². The zero-order valence-electron chi connectivity index (χ0n) is 14.5. The standard InChI is InChI=1S/C18H28N4O2/c1-12-20-16(24-22-12)13-5-7-15(8-6-13)21-17(23)18-9-3-2-4-14(18)10-19-11-18/h13-15,19H,2-11H2,1H3,(H,21,23)/t13?,14-,15?,18+/m0/s1. The van der Waals surface area contributed by atoms with Gasteiger partial charge in [-0.05, 0) is 57.9 Å². The predicted octanol–water partition coefficient (Wildman–Crippen LogP) is 2.30. The van der Waals surface area contributed by atoms with Crippen LogP contribution >= 0.6 is 0 Å². The third-order valence-corrected chi connectivity index (χ3v) is 6.45. The lowest BCUT2D eigenvalue weighted by Gasteiger charge is -2.39. The van der Waals surface area contributed by atoms with Gasteiger partial charge in [0.1, 0.15) is 0 Å². The molecule has 0 radical (unpaired) electrons. The lowest BCUT2D eigenvalue weighted by atomic mass is 9.67. The molecule has 1 aliphatic heterocycles. The molecule has 1 aromatic rings. The largest absolute Gasteiger partial charge is 0.353 e. The molecule has 6 heteroatoms. The Kier molecular flexibility index (Phi) is 4.33. The summed E-state index contributed by atoms with van der Waals surface area (Å²) in [6.45, 7) is 3.73. The zero-order chi connectivity index (χ0) is 16.6. The third-order valence-electron chi connectivity index (χ3n) is 6.45. The van der Waals surface area contributed by atoms with Crippen LogP contribution in [0.4, 0.5) is 0 Å². The topological polar surface area (TPSA) is 80.0 Å². The molecule has 0 spiro atoms. The van der Waals surface area contributed by atoms with Gasteiger partial charge in [-0.1, -0.05) is 18.0 Å². The fraction of sp³-hybridized carbons (Fsp3) is 0.833. The molecule has 1 amide bonds. The highest BCUT2D eigenvalue weighted by Crippen LogP contribution is 2.44. The number of nitrogens with one attached hydrogen (secondary N) is 2. The van der Waals surface area contributed by atoms with E-state index < -0.39 is 0 Å². The van der Waals surface area contributed by atoms with Crippen LogP contribution in [0.15, 0.2) is 4.52 Å². The van der Waals surface area contributed by atoms with Gasteiger partial charge in [-0.2, -0.15) is 4.98 Å². The van der Waals surface area contributed by atoms with Gasteiger partial charge in [0.2, 0.25) is 11.8 Å². The molecule has 0 aromatic carbocycles. The summed E-state index contributed by atoms with van der Waals surface area (Å²) in [6, 6.07) is 0.301. The molecular weight excluding hydrogens is 304 g/mol. The first-order chi connectivity index (χ1) is 11.7. The fourth-order valence-electron chi connectivity index (χ4n) is 4.98. The summed E-state index contributed by atoms with van der Waals surface area (Å²) in [5.74, 6) is 2.66. The van der Waals surface area contributed by atoms with Crippen molar-refractivity contribution < 1.29 is 9.32 Å². The van der Waals surface area contributed by atoms with Crippen molar-refractivity contribution in [2.75, 3.05) is 13.1 Å². The van der Waals surface area contributed by atoms with E-state index in [2.05, 4.69) is 20.8 Å². The molecule has 2 saturated carbocycles. The fourth-order valence-corrected chi connectivity index (χ4v) is 4.98. The van der Waals surface area contributed by atoms with Crippen LogP contribution in [0.3, 0.4) is 0 Å². The maximum absolute atomic E-state index is 13.0. The first-order valence-corrected chi connectivity index (χ1v) is 9.49. The Morgan fingerprint density at radius 2 is 2.08 bits per heavy atom. The van der Waals surface area contributed by atoms with Gasteiger partial charge in [-0.25, -0.2) is 0 Å². The Balaban J connectivity index is 1.34. The van der Waals surface area contributed by atoms with E-state index in [9.17, 15) is 4.79 Å². The number of amides is 1. The summed E-state index contributed by atoms with van der Waals surface area (Å²) in [7, 11) is 0. The summed E-state index contributed by atoms with van der Waals surface area (Å²) in [4.78, 5) is 17.4. The molecular formula is C18H28N4O2. The molecule has 2 aliphatic carbocycles. The Bertz CT molecular complexity index is 594. The van der Waals surface area contributed by atoms with Gasteiger partial charge in [0.05, 0.1) is 5.41 Å². The highest BCUT2D eigenvalue weighted by atomic mass is 16.5. The predicted molar refractivity (Wildman–Crippen MR) is 89.4 cm³/mol. The molecule has 132 valence electrons. The van der Waals surface area contributed by atoms with Crippen LogP contribution in [0.2, 0.25) is 0 Å². The summed E-state index contributed by atoms with van der Waals surface area (Å²) in [5, 5.41) is 10.7.